The van der Waals surface area contributed by atoms with E-state index >= 15 is 0 Å². The van der Waals surface area contributed by atoms with Crippen LogP contribution in [0.2, 0.25) is 0 Å². The van der Waals surface area contributed by atoms with Crippen molar-refractivity contribution in [1.82, 2.24) is 5.32 Å². The molecule has 0 spiro atoms. The third-order valence-corrected chi connectivity index (χ3v) is 7.87. The number of ether oxygens (including phenoxy) is 3. The molecule has 0 aromatic heterocycles. The van der Waals surface area contributed by atoms with Gasteiger partial charge in [-0.15, -0.1) is 0 Å². The minimum absolute atomic E-state index is 0.00432. The van der Waals surface area contributed by atoms with Crippen molar-refractivity contribution >= 4 is 23.5 Å². The van der Waals surface area contributed by atoms with Crippen LogP contribution in [0.4, 0.5) is 0 Å². The van der Waals surface area contributed by atoms with Crippen LogP contribution >= 0.6 is 0 Å². The first-order chi connectivity index (χ1) is 16.0. The number of carbonyl (C=O) groups is 4. The molecule has 4 rings (SSSR count). The van der Waals surface area contributed by atoms with Crippen LogP contribution in [0.5, 0.6) is 0 Å². The zero-order chi connectivity index (χ0) is 25.0. The highest BCUT2D eigenvalue weighted by Gasteiger charge is 2.64. The Hall–Kier alpha value is -2.94. The van der Waals surface area contributed by atoms with Gasteiger partial charge in [-0.3, -0.25) is 14.4 Å². The Balaban J connectivity index is 2.03. The molecule has 5 atom stereocenters. The maximum Gasteiger partial charge on any atom is 0.340 e. The highest BCUT2D eigenvalue weighted by Crippen LogP contribution is 2.62. The van der Waals surface area contributed by atoms with Gasteiger partial charge in [-0.05, 0) is 25.8 Å². The van der Waals surface area contributed by atoms with E-state index in [1.54, 1.807) is 13.8 Å². The molecule has 34 heavy (non-hydrogen) atoms. The number of aliphatic hydroxyl groups excluding tert-OH is 1. The van der Waals surface area contributed by atoms with Crippen molar-refractivity contribution in [1.29, 1.82) is 0 Å². The number of nitrogens with one attached hydrogen (secondary N) is 1. The Kier molecular flexibility index (Phi) is 5.96. The van der Waals surface area contributed by atoms with Gasteiger partial charge in [0.05, 0.1) is 17.6 Å². The summed E-state index contributed by atoms with van der Waals surface area (Å²) in [5.41, 5.74) is -1.18. The van der Waals surface area contributed by atoms with E-state index in [-0.39, 0.29) is 35.5 Å². The lowest BCUT2D eigenvalue weighted by Crippen LogP contribution is -2.57. The van der Waals surface area contributed by atoms with Gasteiger partial charge in [-0.1, -0.05) is 6.92 Å². The molecule has 2 fully saturated rings. The number of hydrogen-bond donors (Lipinski definition) is 2. The summed E-state index contributed by atoms with van der Waals surface area (Å²) in [6, 6.07) is 0. The highest BCUT2D eigenvalue weighted by atomic mass is 16.6. The molecule has 9 heteroatoms. The summed E-state index contributed by atoms with van der Waals surface area (Å²) < 4.78 is 16.9. The van der Waals surface area contributed by atoms with Crippen LogP contribution in [0.25, 0.3) is 0 Å². The topological polar surface area (TPSA) is 128 Å². The normalized spacial score (nSPS) is 36.2. The first kappa shape index (κ1) is 24.2. The van der Waals surface area contributed by atoms with E-state index in [4.69, 9.17) is 14.2 Å². The number of hydrogen-bond acceptors (Lipinski definition) is 9. The summed E-state index contributed by atoms with van der Waals surface area (Å²) in [5, 5.41) is 14.2. The Morgan fingerprint density at radius 1 is 1.29 bits per heavy atom. The second kappa shape index (κ2) is 8.37. The minimum Gasteiger partial charge on any atom is -0.504 e. The largest absolute Gasteiger partial charge is 0.504 e. The summed E-state index contributed by atoms with van der Waals surface area (Å²) >= 11 is 0. The fourth-order valence-electron chi connectivity index (χ4n) is 6.30. The molecule has 4 aliphatic rings. The zero-order valence-corrected chi connectivity index (χ0v) is 20.1. The third-order valence-electron chi connectivity index (χ3n) is 7.87. The molecular formula is C25H31NO8. The molecule has 1 heterocycles. The van der Waals surface area contributed by atoms with Crippen LogP contribution in [-0.4, -0.2) is 61.1 Å². The van der Waals surface area contributed by atoms with E-state index in [9.17, 15) is 24.3 Å². The Bertz CT molecular complexity index is 1070. The summed E-state index contributed by atoms with van der Waals surface area (Å²) in [4.78, 5) is 51.7. The molecule has 184 valence electrons. The predicted molar refractivity (Wildman–Crippen MR) is 119 cm³/mol. The van der Waals surface area contributed by atoms with E-state index in [0.29, 0.717) is 25.0 Å². The molecule has 1 aliphatic heterocycles. The number of ketones is 2. The maximum atomic E-state index is 13.7. The number of Topliss-reactive ketones (excluding diaryl/α,β-unsaturated/α-hetero) is 2. The van der Waals surface area contributed by atoms with Gasteiger partial charge in [0, 0.05) is 62.1 Å². The van der Waals surface area contributed by atoms with Crippen molar-refractivity contribution in [3.8, 4) is 0 Å². The molecule has 0 aromatic rings. The fraction of sp³-hybridized carbons (Fsp3) is 0.600. The summed E-state index contributed by atoms with van der Waals surface area (Å²) in [7, 11) is 1.46. The third kappa shape index (κ3) is 3.24. The highest BCUT2D eigenvalue weighted by molar-refractivity contribution is 6.14. The standard InChI is InChI=1S/C25H31NO8/c1-6-26-10-13-19-22(30)21(29)18-14-7-8-16(28)24(14,3)9-15(33-12(2)27)20(18)25(19,4)17(11-32-5)34-23(13)31/h10,14-15,17,26,30H,6-9,11H2,1-5H3/b13-10-/t14-,15+,17+,24-,25-/m0/s1. The molecule has 0 radical (unpaired) electrons. The van der Waals surface area contributed by atoms with Crippen molar-refractivity contribution in [2.45, 2.75) is 59.2 Å². The number of fused-ring (bicyclic) bond motifs is 4. The van der Waals surface area contributed by atoms with Gasteiger partial charge >= 0.3 is 11.9 Å². The number of aliphatic hydroxyl groups is 1. The Morgan fingerprint density at radius 3 is 2.62 bits per heavy atom. The molecule has 9 nitrogen and oxygen atoms in total. The number of carbonyl (C=O) groups excluding carboxylic acids is 4. The van der Waals surface area contributed by atoms with Crippen LogP contribution < -0.4 is 5.32 Å². The average Bonchev–Trinajstić information content (AvgIpc) is 3.06. The van der Waals surface area contributed by atoms with Gasteiger partial charge in [-0.25, -0.2) is 4.79 Å². The first-order valence-electron chi connectivity index (χ1n) is 11.6. The molecule has 3 aliphatic carbocycles. The van der Waals surface area contributed by atoms with E-state index < -0.39 is 52.4 Å². The lowest BCUT2D eigenvalue weighted by Gasteiger charge is -2.53. The molecule has 0 amide bonds. The van der Waals surface area contributed by atoms with Crippen molar-refractivity contribution in [2.24, 2.45) is 16.7 Å². The Morgan fingerprint density at radius 2 is 2.00 bits per heavy atom. The lowest BCUT2D eigenvalue weighted by molar-refractivity contribution is -0.160. The number of methoxy groups -OCH3 is 1. The predicted octanol–water partition coefficient (Wildman–Crippen LogP) is 2.07. The van der Waals surface area contributed by atoms with Gasteiger partial charge in [0.1, 0.15) is 18.0 Å². The Labute approximate surface area is 198 Å². The van der Waals surface area contributed by atoms with Gasteiger partial charge in [0.25, 0.3) is 0 Å². The molecular weight excluding hydrogens is 442 g/mol. The number of cyclic esters (lactones) is 1. The van der Waals surface area contributed by atoms with E-state index in [0.717, 1.165) is 0 Å². The van der Waals surface area contributed by atoms with Gasteiger partial charge in [0.2, 0.25) is 5.78 Å². The van der Waals surface area contributed by atoms with Gasteiger partial charge in [-0.2, -0.15) is 0 Å². The van der Waals surface area contributed by atoms with E-state index in [1.807, 2.05) is 6.92 Å². The number of esters is 2. The van der Waals surface area contributed by atoms with E-state index in [1.165, 1.54) is 20.2 Å². The van der Waals surface area contributed by atoms with E-state index in [2.05, 4.69) is 5.32 Å². The van der Waals surface area contributed by atoms with Crippen LogP contribution in [0.15, 0.2) is 34.3 Å². The average molecular weight is 474 g/mol. The second-order valence-corrected chi connectivity index (χ2v) is 9.78. The molecule has 0 unspecified atom stereocenters. The number of allylic oxidation sites excluding steroid dienone is 1. The maximum absolute atomic E-state index is 13.7. The zero-order valence-electron chi connectivity index (χ0n) is 20.1. The van der Waals surface area contributed by atoms with Crippen molar-refractivity contribution in [3.05, 3.63) is 34.3 Å². The molecule has 0 bridgehead atoms. The van der Waals surface area contributed by atoms with Crippen LogP contribution in [0.1, 0.15) is 47.0 Å². The lowest BCUT2D eigenvalue weighted by atomic mass is 9.53. The fourth-order valence-corrected chi connectivity index (χ4v) is 6.30. The van der Waals surface area contributed by atoms with Crippen LogP contribution in [-0.2, 0) is 33.4 Å². The van der Waals surface area contributed by atoms with Gasteiger partial charge < -0.3 is 24.6 Å². The van der Waals surface area contributed by atoms with Crippen molar-refractivity contribution < 1.29 is 38.5 Å². The van der Waals surface area contributed by atoms with Crippen LogP contribution in [0, 0.1) is 16.7 Å². The monoisotopic (exact) mass is 473 g/mol. The first-order valence-corrected chi connectivity index (χ1v) is 11.6. The second-order valence-electron chi connectivity index (χ2n) is 9.78. The van der Waals surface area contributed by atoms with Crippen LogP contribution in [0.3, 0.4) is 0 Å². The smallest absolute Gasteiger partial charge is 0.340 e. The quantitative estimate of drug-likeness (QED) is 0.455. The molecule has 1 saturated heterocycles. The SMILES string of the molecule is CCN/C=C1\C(=O)O[C@H](COC)[C@@]2(C)C1=C(O)C(=O)C1=C2[C@H](OC(C)=O)C[C@]2(C)C(=O)CC[C@@H]12. The molecule has 2 N–H and O–H groups in total. The molecule has 1 saturated carbocycles. The van der Waals surface area contributed by atoms with Gasteiger partial charge in [0.15, 0.2) is 5.76 Å². The molecule has 0 aromatic carbocycles. The summed E-state index contributed by atoms with van der Waals surface area (Å²) in [6.45, 7) is 7.18. The number of rotatable bonds is 5. The van der Waals surface area contributed by atoms with Crippen molar-refractivity contribution in [2.75, 3.05) is 20.3 Å². The summed E-state index contributed by atoms with van der Waals surface area (Å²) in [5.74, 6) is -2.87. The summed E-state index contributed by atoms with van der Waals surface area (Å²) in [6.07, 6.45) is 0.615. The van der Waals surface area contributed by atoms with Crippen molar-refractivity contribution in [3.63, 3.8) is 0 Å². The minimum atomic E-state index is -1.22.